The lowest BCUT2D eigenvalue weighted by molar-refractivity contribution is -0.136. The molecule has 2 aromatic heterocycles. The summed E-state index contributed by atoms with van der Waals surface area (Å²) in [5.74, 6) is 0.809. The first-order valence-corrected chi connectivity index (χ1v) is 10.2. The molecular formula is C22H22N6O2. The molecule has 8 heteroatoms. The normalized spacial score (nSPS) is 17.9. The van der Waals surface area contributed by atoms with Gasteiger partial charge in [-0.2, -0.15) is 0 Å². The van der Waals surface area contributed by atoms with Crippen LogP contribution >= 0.6 is 0 Å². The predicted molar refractivity (Wildman–Crippen MR) is 110 cm³/mol. The Morgan fingerprint density at radius 1 is 1.13 bits per heavy atom. The highest BCUT2D eigenvalue weighted by Gasteiger charge is 2.33. The van der Waals surface area contributed by atoms with E-state index in [2.05, 4.69) is 20.5 Å². The molecule has 0 saturated carbocycles. The number of para-hydroxylation sites is 2. The van der Waals surface area contributed by atoms with E-state index >= 15 is 0 Å². The van der Waals surface area contributed by atoms with Crippen molar-refractivity contribution in [3.63, 3.8) is 0 Å². The average molecular weight is 402 g/mol. The van der Waals surface area contributed by atoms with Gasteiger partial charge in [-0.25, -0.2) is 9.67 Å². The topological polar surface area (TPSA) is 89.9 Å². The monoisotopic (exact) mass is 402 g/mol. The molecule has 3 heterocycles. The van der Waals surface area contributed by atoms with Crippen LogP contribution in [0.5, 0.6) is 0 Å². The Morgan fingerprint density at radius 3 is 2.77 bits per heavy atom. The summed E-state index contributed by atoms with van der Waals surface area (Å²) in [4.78, 5) is 20.1. The number of piperidine rings is 1. The van der Waals surface area contributed by atoms with Crippen molar-refractivity contribution < 1.29 is 9.21 Å². The van der Waals surface area contributed by atoms with E-state index in [0.29, 0.717) is 25.4 Å². The Bertz CT molecular complexity index is 1090. The third-order valence-electron chi connectivity index (χ3n) is 5.63. The van der Waals surface area contributed by atoms with Crippen molar-refractivity contribution >= 4 is 17.0 Å². The molecule has 8 nitrogen and oxygen atoms in total. The Morgan fingerprint density at radius 2 is 1.97 bits per heavy atom. The molecule has 30 heavy (non-hydrogen) atoms. The highest BCUT2D eigenvalue weighted by molar-refractivity contribution is 5.81. The Hall–Kier alpha value is -3.55. The molecule has 4 aromatic rings. The van der Waals surface area contributed by atoms with E-state index in [1.807, 2.05) is 59.5 Å². The molecule has 0 aliphatic carbocycles. The average Bonchev–Trinajstić information content (AvgIpc) is 3.48. The van der Waals surface area contributed by atoms with E-state index in [4.69, 9.17) is 4.42 Å². The van der Waals surface area contributed by atoms with E-state index in [-0.39, 0.29) is 11.8 Å². The third kappa shape index (κ3) is 3.68. The van der Waals surface area contributed by atoms with Crippen LogP contribution in [-0.4, -0.2) is 49.1 Å². The Kier molecular flexibility index (Phi) is 4.96. The molecule has 0 unspecified atom stereocenters. The molecule has 0 radical (unpaired) electrons. The van der Waals surface area contributed by atoms with Gasteiger partial charge in [-0.15, -0.1) is 5.10 Å². The molecular weight excluding hydrogens is 380 g/mol. The van der Waals surface area contributed by atoms with Gasteiger partial charge in [-0.05, 0) is 41.0 Å². The first-order chi connectivity index (χ1) is 14.8. The summed E-state index contributed by atoms with van der Waals surface area (Å²) >= 11 is 0. The fraction of sp³-hybridized carbons (Fsp3) is 0.318. The van der Waals surface area contributed by atoms with E-state index < -0.39 is 6.04 Å². The molecule has 5 rings (SSSR count). The number of rotatable bonds is 5. The molecule has 2 atom stereocenters. The SMILES string of the molecule is O=C([C@H](Cc1ccccc1)n1cnnn1)N1CCC[C@H](c2nc3ccccc3o2)C1. The summed E-state index contributed by atoms with van der Waals surface area (Å²) in [5, 5.41) is 11.5. The van der Waals surface area contributed by atoms with Gasteiger partial charge in [0.15, 0.2) is 11.5 Å². The molecule has 1 saturated heterocycles. The number of hydrogen-bond donors (Lipinski definition) is 0. The fourth-order valence-electron chi connectivity index (χ4n) is 4.10. The number of aromatic nitrogens is 5. The van der Waals surface area contributed by atoms with E-state index in [1.54, 1.807) is 4.68 Å². The molecule has 0 N–H and O–H groups in total. The van der Waals surface area contributed by atoms with Crippen LogP contribution in [0, 0.1) is 0 Å². The molecule has 1 aliphatic heterocycles. The molecule has 0 spiro atoms. The summed E-state index contributed by atoms with van der Waals surface area (Å²) in [5.41, 5.74) is 2.71. The lowest BCUT2D eigenvalue weighted by atomic mass is 9.96. The highest BCUT2D eigenvalue weighted by atomic mass is 16.3. The maximum absolute atomic E-state index is 13.5. The van der Waals surface area contributed by atoms with Gasteiger partial charge in [0, 0.05) is 19.5 Å². The lowest BCUT2D eigenvalue weighted by Gasteiger charge is -2.33. The second kappa shape index (κ2) is 8.06. The molecule has 0 bridgehead atoms. The summed E-state index contributed by atoms with van der Waals surface area (Å²) < 4.78 is 7.53. The van der Waals surface area contributed by atoms with Crippen LogP contribution in [0.2, 0.25) is 0 Å². The standard InChI is InChI=1S/C22H22N6O2/c29-22(19(28-15-23-25-26-28)13-16-7-2-1-3-8-16)27-12-6-9-17(14-27)21-24-18-10-4-5-11-20(18)30-21/h1-5,7-8,10-11,15,17,19H,6,9,12-14H2/t17-,19-/m0/s1. The van der Waals surface area contributed by atoms with Crippen LogP contribution in [-0.2, 0) is 11.2 Å². The predicted octanol–water partition coefficient (Wildman–Crippen LogP) is 3.00. The number of tetrazole rings is 1. The number of carbonyl (C=O) groups is 1. The second-order valence-electron chi connectivity index (χ2n) is 7.64. The first kappa shape index (κ1) is 18.5. The van der Waals surface area contributed by atoms with Crippen molar-refractivity contribution in [2.45, 2.75) is 31.2 Å². The van der Waals surface area contributed by atoms with E-state index in [9.17, 15) is 4.79 Å². The first-order valence-electron chi connectivity index (χ1n) is 10.2. The van der Waals surface area contributed by atoms with Gasteiger partial charge in [0.1, 0.15) is 17.9 Å². The van der Waals surface area contributed by atoms with Crippen LogP contribution in [0.1, 0.15) is 36.3 Å². The minimum atomic E-state index is -0.482. The van der Waals surface area contributed by atoms with Crippen molar-refractivity contribution in [2.75, 3.05) is 13.1 Å². The molecule has 1 fully saturated rings. The molecule has 152 valence electrons. The van der Waals surface area contributed by atoms with Crippen molar-refractivity contribution in [1.82, 2.24) is 30.1 Å². The summed E-state index contributed by atoms with van der Waals surface area (Å²) in [7, 11) is 0. The van der Waals surface area contributed by atoms with Crippen LogP contribution < -0.4 is 0 Å². The lowest BCUT2D eigenvalue weighted by Crippen LogP contribution is -2.43. The van der Waals surface area contributed by atoms with Crippen molar-refractivity contribution in [2.24, 2.45) is 0 Å². The number of oxazole rings is 1. The quantitative estimate of drug-likeness (QED) is 0.510. The molecule has 2 aromatic carbocycles. The maximum atomic E-state index is 13.5. The van der Waals surface area contributed by atoms with Crippen LogP contribution in [0.25, 0.3) is 11.1 Å². The van der Waals surface area contributed by atoms with Gasteiger partial charge in [-0.1, -0.05) is 42.5 Å². The summed E-state index contributed by atoms with van der Waals surface area (Å²) in [6, 6.07) is 17.2. The van der Waals surface area contributed by atoms with Crippen LogP contribution in [0.4, 0.5) is 0 Å². The minimum Gasteiger partial charge on any atom is -0.440 e. The maximum Gasteiger partial charge on any atom is 0.247 e. The van der Waals surface area contributed by atoms with Crippen molar-refractivity contribution in [3.05, 3.63) is 72.4 Å². The number of carbonyl (C=O) groups excluding carboxylic acids is 1. The molecule has 1 aliphatic rings. The van der Waals surface area contributed by atoms with Gasteiger partial charge in [0.2, 0.25) is 5.91 Å². The smallest absolute Gasteiger partial charge is 0.247 e. The van der Waals surface area contributed by atoms with Gasteiger partial charge in [-0.3, -0.25) is 4.79 Å². The molecule has 1 amide bonds. The number of amides is 1. The van der Waals surface area contributed by atoms with Crippen molar-refractivity contribution in [1.29, 1.82) is 0 Å². The van der Waals surface area contributed by atoms with Gasteiger partial charge < -0.3 is 9.32 Å². The number of hydrogen-bond acceptors (Lipinski definition) is 6. The van der Waals surface area contributed by atoms with Crippen LogP contribution in [0.15, 0.2) is 65.3 Å². The third-order valence-corrected chi connectivity index (χ3v) is 5.63. The number of nitrogens with zero attached hydrogens (tertiary/aromatic N) is 6. The Labute approximate surface area is 173 Å². The van der Waals surface area contributed by atoms with E-state index in [1.165, 1.54) is 6.33 Å². The van der Waals surface area contributed by atoms with Crippen LogP contribution in [0.3, 0.4) is 0 Å². The van der Waals surface area contributed by atoms with E-state index in [0.717, 1.165) is 29.5 Å². The zero-order chi connectivity index (χ0) is 20.3. The number of benzene rings is 2. The Balaban J connectivity index is 1.37. The van der Waals surface area contributed by atoms with Gasteiger partial charge in [0.05, 0.1) is 5.92 Å². The zero-order valence-corrected chi connectivity index (χ0v) is 16.5. The zero-order valence-electron chi connectivity index (χ0n) is 16.5. The fourth-order valence-corrected chi connectivity index (χ4v) is 4.10. The number of fused-ring (bicyclic) bond motifs is 1. The summed E-state index contributed by atoms with van der Waals surface area (Å²) in [6.07, 6.45) is 3.90. The highest BCUT2D eigenvalue weighted by Crippen LogP contribution is 2.30. The van der Waals surface area contributed by atoms with Gasteiger partial charge >= 0.3 is 0 Å². The number of likely N-dealkylation sites (tertiary alicyclic amines) is 1. The second-order valence-corrected chi connectivity index (χ2v) is 7.64. The van der Waals surface area contributed by atoms with Gasteiger partial charge in [0.25, 0.3) is 0 Å². The largest absolute Gasteiger partial charge is 0.440 e. The minimum absolute atomic E-state index is 0.0203. The summed E-state index contributed by atoms with van der Waals surface area (Å²) in [6.45, 7) is 1.29. The van der Waals surface area contributed by atoms with Crippen molar-refractivity contribution in [3.8, 4) is 0 Å².